The first-order valence-corrected chi connectivity index (χ1v) is 8.06. The molecule has 0 saturated carbocycles. The van der Waals surface area contributed by atoms with E-state index < -0.39 is 17.5 Å². The third-order valence-electron chi connectivity index (χ3n) is 3.53. The maximum atomic E-state index is 13.3. The fraction of sp³-hybridized carbons (Fsp3) is 0.250. The average Bonchev–Trinajstić information content (AvgIpc) is 2.58. The first kappa shape index (κ1) is 23.2. The van der Waals surface area contributed by atoms with E-state index in [2.05, 4.69) is 11.1 Å². The van der Waals surface area contributed by atoms with Gasteiger partial charge in [-0.2, -0.15) is 0 Å². The number of hydrogen-bond donors (Lipinski definition) is 2. The summed E-state index contributed by atoms with van der Waals surface area (Å²) in [6.45, 7) is 3.32. The van der Waals surface area contributed by atoms with Gasteiger partial charge in [-0.1, -0.05) is 24.3 Å². The van der Waals surface area contributed by atoms with Gasteiger partial charge in [0.2, 0.25) is 0 Å². The maximum absolute atomic E-state index is 13.3. The normalized spacial score (nSPS) is 12.6. The molecule has 0 fully saturated rings. The molecule has 2 aromatic carbocycles. The van der Waals surface area contributed by atoms with E-state index in [1.807, 2.05) is 12.1 Å². The Hall–Kier alpha value is -1.79. The number of nitrogens with zero attached hydrogens (tertiary/aromatic N) is 1. The molecule has 27 heavy (non-hydrogen) atoms. The van der Waals surface area contributed by atoms with E-state index in [0.717, 1.165) is 16.8 Å². The minimum atomic E-state index is -1.52. The van der Waals surface area contributed by atoms with Gasteiger partial charge < -0.3 is 15.2 Å². The third kappa shape index (κ3) is 6.40. The second-order valence-electron chi connectivity index (χ2n) is 5.97. The molecular formula is C20H19F3IrNO2-. The van der Waals surface area contributed by atoms with Crippen LogP contribution in [0.5, 0.6) is 0 Å². The predicted octanol–water partition coefficient (Wildman–Crippen LogP) is 4.25. The van der Waals surface area contributed by atoms with Crippen LogP contribution in [-0.4, -0.2) is 27.4 Å². The van der Waals surface area contributed by atoms with Crippen molar-refractivity contribution in [1.82, 2.24) is 4.98 Å². The summed E-state index contributed by atoms with van der Waals surface area (Å²) in [4.78, 5) is 4.10. The Kier molecular flexibility index (Phi) is 9.06. The van der Waals surface area contributed by atoms with Gasteiger partial charge >= 0.3 is 0 Å². The van der Waals surface area contributed by atoms with Crippen molar-refractivity contribution >= 4 is 10.8 Å². The van der Waals surface area contributed by atoms with E-state index in [4.69, 9.17) is 10.2 Å². The molecule has 2 atom stereocenters. The van der Waals surface area contributed by atoms with Crippen LogP contribution < -0.4 is 0 Å². The number of fused-ring (bicyclic) bond motifs is 1. The van der Waals surface area contributed by atoms with Crippen LogP contribution >= 0.6 is 0 Å². The molecule has 0 aliphatic rings. The monoisotopic (exact) mass is 555 g/mol. The summed E-state index contributed by atoms with van der Waals surface area (Å²) in [6.07, 6.45) is 1.25. The van der Waals surface area contributed by atoms with E-state index in [1.54, 1.807) is 32.0 Å². The number of halogens is 3. The molecule has 0 spiro atoms. The summed E-state index contributed by atoms with van der Waals surface area (Å²) in [5, 5.41) is 18.7. The van der Waals surface area contributed by atoms with Gasteiger partial charge in [0.15, 0.2) is 0 Å². The molecule has 0 amide bonds. The summed E-state index contributed by atoms with van der Waals surface area (Å²) in [5.74, 6) is -4.12. The van der Waals surface area contributed by atoms with Crippen LogP contribution in [0, 0.1) is 23.5 Å². The summed E-state index contributed by atoms with van der Waals surface area (Å²) in [5.41, 5.74) is 0.462. The maximum Gasteiger partial charge on any atom is 0.108 e. The van der Waals surface area contributed by atoms with Crippen LogP contribution in [-0.2, 0) is 20.1 Å². The van der Waals surface area contributed by atoms with Crippen molar-refractivity contribution in [2.75, 3.05) is 0 Å². The van der Waals surface area contributed by atoms with Crippen molar-refractivity contribution in [2.24, 2.45) is 0 Å². The molecule has 1 heterocycles. The summed E-state index contributed by atoms with van der Waals surface area (Å²) in [6, 6.07) is 12.1. The molecule has 2 unspecified atom stereocenters. The van der Waals surface area contributed by atoms with E-state index in [-0.39, 0.29) is 37.9 Å². The molecule has 1 aromatic heterocycles. The van der Waals surface area contributed by atoms with Crippen molar-refractivity contribution < 1.29 is 43.5 Å². The molecule has 0 aliphatic heterocycles. The topological polar surface area (TPSA) is 53.4 Å². The molecule has 3 nitrogen and oxygen atoms in total. The summed E-state index contributed by atoms with van der Waals surface area (Å²) < 4.78 is 39.4. The molecular weight excluding hydrogens is 535 g/mol. The van der Waals surface area contributed by atoms with Crippen LogP contribution in [0.3, 0.4) is 0 Å². The first-order valence-electron chi connectivity index (χ1n) is 8.06. The molecule has 3 aromatic rings. The number of aromatic nitrogens is 1. The van der Waals surface area contributed by atoms with Crippen molar-refractivity contribution in [1.29, 1.82) is 0 Å². The van der Waals surface area contributed by atoms with Crippen LogP contribution in [0.25, 0.3) is 22.0 Å². The van der Waals surface area contributed by atoms with Crippen LogP contribution in [0.4, 0.5) is 13.2 Å². The molecule has 0 saturated heterocycles. The van der Waals surface area contributed by atoms with Gasteiger partial charge in [0.1, 0.15) is 5.82 Å². The Balaban J connectivity index is 0.000000395. The largest absolute Gasteiger partial charge is 0.393 e. The van der Waals surface area contributed by atoms with Crippen LogP contribution in [0.15, 0.2) is 42.6 Å². The molecule has 1 radical (unpaired) electrons. The number of aliphatic hydroxyl groups excluding tert-OH is 2. The van der Waals surface area contributed by atoms with Crippen LogP contribution in [0.1, 0.15) is 20.3 Å². The summed E-state index contributed by atoms with van der Waals surface area (Å²) >= 11 is 0. The number of aliphatic hydroxyl groups is 2. The van der Waals surface area contributed by atoms with Crippen molar-refractivity contribution in [2.45, 2.75) is 32.5 Å². The predicted molar refractivity (Wildman–Crippen MR) is 93.9 cm³/mol. The van der Waals surface area contributed by atoms with Crippen molar-refractivity contribution in [3.05, 3.63) is 66.1 Å². The zero-order chi connectivity index (χ0) is 19.3. The molecule has 2 N–H and O–H groups in total. The van der Waals surface area contributed by atoms with Gasteiger partial charge in [-0.3, -0.25) is 4.39 Å². The Bertz CT molecular complexity index is 854. The number of hydrogen-bond acceptors (Lipinski definition) is 3. The number of rotatable bonds is 3. The molecule has 0 bridgehead atoms. The average molecular weight is 555 g/mol. The van der Waals surface area contributed by atoms with Gasteiger partial charge in [0.25, 0.3) is 0 Å². The molecule has 3 rings (SSSR count). The SMILES string of the molecule is CC(O)CC(C)O.Fc1[c-]c(-c2nccc3ccccc23)cc(F)c1F.[Ir]. The van der Waals surface area contributed by atoms with Gasteiger partial charge in [0.05, 0.1) is 23.8 Å². The quantitative estimate of drug-likeness (QED) is 0.376. The van der Waals surface area contributed by atoms with Crippen molar-refractivity contribution in [3.63, 3.8) is 0 Å². The zero-order valence-corrected chi connectivity index (χ0v) is 17.1. The Morgan fingerprint density at radius 2 is 1.67 bits per heavy atom. The standard InChI is InChI=1S/C15H7F3N.C5H12O2.Ir/c16-12-7-10(8-13(17)14(12)18)15-11-4-2-1-3-9(11)5-6-19-15;1-4(6)3-5(2)7;/h1-7H;4-7H,3H2,1-2H3;/q-1;;. The number of benzene rings is 2. The Labute approximate surface area is 169 Å². The van der Waals surface area contributed by atoms with E-state index in [9.17, 15) is 13.2 Å². The third-order valence-corrected chi connectivity index (χ3v) is 3.53. The van der Waals surface area contributed by atoms with E-state index in [0.29, 0.717) is 12.1 Å². The fourth-order valence-electron chi connectivity index (χ4n) is 2.46. The Morgan fingerprint density at radius 1 is 1.04 bits per heavy atom. The smallest absolute Gasteiger partial charge is 0.108 e. The second-order valence-corrected chi connectivity index (χ2v) is 5.97. The Morgan fingerprint density at radius 3 is 2.22 bits per heavy atom. The zero-order valence-electron chi connectivity index (χ0n) is 14.7. The minimum absolute atomic E-state index is 0. The molecule has 0 aliphatic carbocycles. The molecule has 147 valence electrons. The molecule has 7 heteroatoms. The minimum Gasteiger partial charge on any atom is -0.393 e. The van der Waals surface area contributed by atoms with E-state index >= 15 is 0 Å². The van der Waals surface area contributed by atoms with E-state index in [1.165, 1.54) is 6.20 Å². The van der Waals surface area contributed by atoms with Gasteiger partial charge in [-0.15, -0.1) is 17.7 Å². The van der Waals surface area contributed by atoms with Crippen LogP contribution in [0.2, 0.25) is 0 Å². The van der Waals surface area contributed by atoms with Crippen molar-refractivity contribution in [3.8, 4) is 11.3 Å². The van der Waals surface area contributed by atoms with Gasteiger partial charge in [0, 0.05) is 26.3 Å². The fourth-order valence-corrected chi connectivity index (χ4v) is 2.46. The second kappa shape index (κ2) is 10.5. The van der Waals surface area contributed by atoms with Gasteiger partial charge in [-0.05, 0) is 42.8 Å². The number of pyridine rings is 1. The van der Waals surface area contributed by atoms with Gasteiger partial charge in [-0.25, -0.2) is 8.78 Å². The first-order chi connectivity index (χ1) is 12.3. The summed E-state index contributed by atoms with van der Waals surface area (Å²) in [7, 11) is 0.